The minimum Gasteiger partial charge on any atom is -0.326 e. The van der Waals surface area contributed by atoms with E-state index in [0.29, 0.717) is 25.9 Å². The number of nitrogens with zero attached hydrogens (tertiary/aromatic N) is 1. The van der Waals surface area contributed by atoms with Gasteiger partial charge in [0.25, 0.3) is 0 Å². The second-order valence-electron chi connectivity index (χ2n) is 7.46. The summed E-state index contributed by atoms with van der Waals surface area (Å²) < 4.78 is 27.0. The number of anilines is 1. The largest absolute Gasteiger partial charge is 0.326 e. The van der Waals surface area contributed by atoms with E-state index in [4.69, 9.17) is 0 Å². The van der Waals surface area contributed by atoms with E-state index in [1.807, 2.05) is 55.5 Å². The van der Waals surface area contributed by atoms with E-state index in [-0.39, 0.29) is 17.6 Å². The van der Waals surface area contributed by atoms with Gasteiger partial charge in [0.15, 0.2) is 0 Å². The molecule has 3 rings (SSSR count). The zero-order valence-electron chi connectivity index (χ0n) is 16.5. The molecule has 0 aromatic heterocycles. The number of piperidine rings is 1. The first-order valence-electron chi connectivity index (χ1n) is 9.80. The highest BCUT2D eigenvalue weighted by atomic mass is 32.2. The highest BCUT2D eigenvalue weighted by Gasteiger charge is 2.31. The lowest BCUT2D eigenvalue weighted by Gasteiger charge is -2.30. The van der Waals surface area contributed by atoms with Gasteiger partial charge in [-0.1, -0.05) is 48.9 Å². The van der Waals surface area contributed by atoms with Crippen LogP contribution in [0.3, 0.4) is 0 Å². The Morgan fingerprint density at radius 1 is 1.07 bits per heavy atom. The highest BCUT2D eigenvalue weighted by Crippen LogP contribution is 2.23. The number of aryl methyl sites for hydroxylation is 2. The molecule has 1 N–H and O–H groups in total. The Morgan fingerprint density at radius 3 is 2.36 bits per heavy atom. The van der Waals surface area contributed by atoms with Crippen molar-refractivity contribution in [3.63, 3.8) is 0 Å². The highest BCUT2D eigenvalue weighted by molar-refractivity contribution is 7.88. The topological polar surface area (TPSA) is 66.5 Å². The second kappa shape index (κ2) is 8.88. The monoisotopic (exact) mass is 400 g/mol. The maximum atomic E-state index is 12.7. The Balaban J connectivity index is 1.54. The van der Waals surface area contributed by atoms with Crippen molar-refractivity contribution in [1.29, 1.82) is 0 Å². The van der Waals surface area contributed by atoms with Gasteiger partial charge in [-0.15, -0.1) is 0 Å². The van der Waals surface area contributed by atoms with Gasteiger partial charge in [-0.3, -0.25) is 4.79 Å². The molecule has 2 aromatic rings. The van der Waals surface area contributed by atoms with Crippen molar-refractivity contribution >= 4 is 21.6 Å². The fourth-order valence-corrected chi connectivity index (χ4v) is 5.12. The lowest BCUT2D eigenvalue weighted by Crippen LogP contribution is -2.41. The van der Waals surface area contributed by atoms with Gasteiger partial charge < -0.3 is 5.32 Å². The van der Waals surface area contributed by atoms with Crippen molar-refractivity contribution in [3.05, 3.63) is 65.2 Å². The first-order chi connectivity index (χ1) is 13.4. The molecular weight excluding hydrogens is 372 g/mol. The van der Waals surface area contributed by atoms with E-state index < -0.39 is 10.0 Å². The molecule has 0 bridgehead atoms. The molecule has 1 aliphatic rings. The third kappa shape index (κ3) is 5.20. The smallest absolute Gasteiger partial charge is 0.227 e. The van der Waals surface area contributed by atoms with Crippen LogP contribution >= 0.6 is 0 Å². The van der Waals surface area contributed by atoms with Crippen molar-refractivity contribution in [2.45, 2.75) is 38.9 Å². The van der Waals surface area contributed by atoms with Gasteiger partial charge in [0, 0.05) is 24.7 Å². The van der Waals surface area contributed by atoms with Gasteiger partial charge in [-0.05, 0) is 49.4 Å². The molecule has 28 heavy (non-hydrogen) atoms. The molecule has 1 fully saturated rings. The fourth-order valence-electron chi connectivity index (χ4n) is 3.57. The average molecular weight is 401 g/mol. The molecule has 2 aromatic carbocycles. The van der Waals surface area contributed by atoms with E-state index >= 15 is 0 Å². The molecule has 0 saturated carbocycles. The number of nitrogens with one attached hydrogen (secondary N) is 1. The lowest BCUT2D eigenvalue weighted by atomic mass is 9.97. The summed E-state index contributed by atoms with van der Waals surface area (Å²) in [7, 11) is -3.37. The van der Waals surface area contributed by atoms with Crippen LogP contribution in [-0.2, 0) is 27.0 Å². The molecule has 1 aliphatic heterocycles. The van der Waals surface area contributed by atoms with Crippen molar-refractivity contribution in [1.82, 2.24) is 4.31 Å². The predicted octanol–water partition coefficient (Wildman–Crippen LogP) is 3.74. The summed E-state index contributed by atoms with van der Waals surface area (Å²) in [6, 6.07) is 15.4. The number of benzene rings is 2. The van der Waals surface area contributed by atoms with Gasteiger partial charge in [-0.2, -0.15) is 0 Å². The normalized spacial score (nSPS) is 16.1. The molecule has 1 saturated heterocycles. The summed E-state index contributed by atoms with van der Waals surface area (Å²) in [5, 5.41) is 2.96. The standard InChI is InChI=1S/C22H28N2O3S/c1-3-18-7-9-21(10-8-18)23-22(25)20-11-13-24(14-12-20)28(26,27)16-19-6-4-5-17(2)15-19/h4-10,15,20H,3,11-14,16H2,1-2H3,(H,23,25). The van der Waals surface area contributed by atoms with Crippen LogP contribution in [0.25, 0.3) is 0 Å². The first kappa shape index (κ1) is 20.6. The molecule has 1 heterocycles. The number of hydrogen-bond acceptors (Lipinski definition) is 3. The summed E-state index contributed by atoms with van der Waals surface area (Å²) >= 11 is 0. The maximum absolute atomic E-state index is 12.7. The Hall–Kier alpha value is -2.18. The van der Waals surface area contributed by atoms with Crippen LogP contribution in [0.15, 0.2) is 48.5 Å². The number of rotatable bonds is 6. The van der Waals surface area contributed by atoms with Crippen molar-refractivity contribution in [2.75, 3.05) is 18.4 Å². The number of carbonyl (C=O) groups is 1. The molecule has 6 heteroatoms. The van der Waals surface area contributed by atoms with E-state index in [2.05, 4.69) is 12.2 Å². The Labute approximate surface area is 167 Å². The zero-order valence-corrected chi connectivity index (χ0v) is 17.3. The van der Waals surface area contributed by atoms with Crippen LogP contribution < -0.4 is 5.32 Å². The quantitative estimate of drug-likeness (QED) is 0.803. The first-order valence-corrected chi connectivity index (χ1v) is 11.4. The third-order valence-electron chi connectivity index (χ3n) is 5.28. The van der Waals surface area contributed by atoms with Crippen molar-refractivity contribution in [2.24, 2.45) is 5.92 Å². The zero-order chi connectivity index (χ0) is 20.1. The van der Waals surface area contributed by atoms with Gasteiger partial charge >= 0.3 is 0 Å². The third-order valence-corrected chi connectivity index (χ3v) is 7.13. The van der Waals surface area contributed by atoms with E-state index in [1.165, 1.54) is 9.87 Å². The van der Waals surface area contributed by atoms with Crippen molar-refractivity contribution < 1.29 is 13.2 Å². The second-order valence-corrected chi connectivity index (χ2v) is 9.43. The Morgan fingerprint density at radius 2 is 1.75 bits per heavy atom. The van der Waals surface area contributed by atoms with Crippen LogP contribution in [0.4, 0.5) is 5.69 Å². The van der Waals surface area contributed by atoms with E-state index in [9.17, 15) is 13.2 Å². The maximum Gasteiger partial charge on any atom is 0.227 e. The number of amides is 1. The molecule has 1 amide bonds. The van der Waals surface area contributed by atoms with Crippen LogP contribution in [0.1, 0.15) is 36.5 Å². The van der Waals surface area contributed by atoms with Crippen molar-refractivity contribution in [3.8, 4) is 0 Å². The lowest BCUT2D eigenvalue weighted by molar-refractivity contribution is -0.120. The number of sulfonamides is 1. The van der Waals surface area contributed by atoms with Gasteiger partial charge in [0.1, 0.15) is 0 Å². The molecule has 0 spiro atoms. The Bertz CT molecular complexity index is 915. The minimum atomic E-state index is -3.37. The van der Waals surface area contributed by atoms with Crippen LogP contribution in [0.2, 0.25) is 0 Å². The summed E-state index contributed by atoms with van der Waals surface area (Å²) in [6.07, 6.45) is 2.06. The predicted molar refractivity (Wildman–Crippen MR) is 113 cm³/mol. The SMILES string of the molecule is CCc1ccc(NC(=O)C2CCN(S(=O)(=O)Cc3cccc(C)c3)CC2)cc1. The molecule has 0 aliphatic carbocycles. The number of hydrogen-bond donors (Lipinski definition) is 1. The van der Waals surface area contributed by atoms with Gasteiger partial charge in [0.05, 0.1) is 5.75 Å². The molecule has 0 atom stereocenters. The molecular formula is C22H28N2O3S. The molecule has 0 radical (unpaired) electrons. The average Bonchev–Trinajstić information content (AvgIpc) is 2.68. The minimum absolute atomic E-state index is 0.00925. The summed E-state index contributed by atoms with van der Waals surface area (Å²) in [5.41, 5.74) is 3.87. The summed E-state index contributed by atoms with van der Waals surface area (Å²) in [4.78, 5) is 12.5. The fraction of sp³-hybridized carbons (Fsp3) is 0.409. The molecule has 5 nitrogen and oxygen atoms in total. The van der Waals surface area contributed by atoms with Crippen LogP contribution in [0, 0.1) is 12.8 Å². The van der Waals surface area contributed by atoms with E-state index in [1.54, 1.807) is 0 Å². The van der Waals surface area contributed by atoms with Crippen LogP contribution in [-0.4, -0.2) is 31.7 Å². The molecule has 0 unspecified atom stereocenters. The summed E-state index contributed by atoms with van der Waals surface area (Å²) in [6.45, 7) is 4.83. The molecule has 150 valence electrons. The van der Waals surface area contributed by atoms with Gasteiger partial charge in [0.2, 0.25) is 15.9 Å². The Kier molecular flexibility index (Phi) is 6.52. The van der Waals surface area contributed by atoms with Gasteiger partial charge in [-0.25, -0.2) is 12.7 Å². The number of carbonyl (C=O) groups excluding carboxylic acids is 1. The van der Waals surface area contributed by atoms with Crippen LogP contribution in [0.5, 0.6) is 0 Å². The van der Waals surface area contributed by atoms with E-state index in [0.717, 1.165) is 23.2 Å². The summed E-state index contributed by atoms with van der Waals surface area (Å²) in [5.74, 6) is -0.175.